The molecule has 2 heterocycles. The Morgan fingerprint density at radius 1 is 1.03 bits per heavy atom. The minimum Gasteiger partial charge on any atom is -0.339 e. The van der Waals surface area contributed by atoms with Gasteiger partial charge in [-0.1, -0.05) is 39.0 Å². The smallest absolute Gasteiger partial charge is 0.279 e. The number of nitrogens with zero attached hydrogens (tertiary/aromatic N) is 1. The fourth-order valence-electron chi connectivity index (χ4n) is 4.98. The molecule has 3 amide bonds. The molecule has 2 N–H and O–H groups in total. The van der Waals surface area contributed by atoms with Gasteiger partial charge in [-0.15, -0.1) is 11.3 Å². The molecule has 6 nitrogen and oxygen atoms in total. The summed E-state index contributed by atoms with van der Waals surface area (Å²) in [6.07, 6.45) is 4.34. The van der Waals surface area contributed by atoms with E-state index in [1.165, 1.54) is 21.8 Å². The number of hydrogen-bond acceptors (Lipinski definition) is 4. The highest BCUT2D eigenvalue weighted by Gasteiger charge is 2.31. The second kappa shape index (κ2) is 9.90. The van der Waals surface area contributed by atoms with Crippen LogP contribution in [0.2, 0.25) is 0 Å². The summed E-state index contributed by atoms with van der Waals surface area (Å²) in [6.45, 7) is 9.84. The largest absolute Gasteiger partial charge is 0.339 e. The van der Waals surface area contributed by atoms with Crippen molar-refractivity contribution in [2.24, 2.45) is 17.3 Å². The van der Waals surface area contributed by atoms with E-state index >= 15 is 0 Å². The average molecular weight is 482 g/mol. The maximum Gasteiger partial charge on any atom is 0.279 e. The Hall–Kier alpha value is -2.67. The van der Waals surface area contributed by atoms with Gasteiger partial charge in [0.25, 0.3) is 11.8 Å². The highest BCUT2D eigenvalue weighted by molar-refractivity contribution is 7.14. The summed E-state index contributed by atoms with van der Waals surface area (Å²) in [5.41, 5.74) is 8.43. The first-order valence-electron chi connectivity index (χ1n) is 12.2. The molecule has 1 aromatic heterocycles. The molecule has 1 aliphatic heterocycles. The molecule has 34 heavy (non-hydrogen) atoms. The number of thiophene rings is 1. The number of likely N-dealkylation sites (tertiary alicyclic amines) is 1. The fourth-order valence-corrected chi connectivity index (χ4v) is 6.09. The van der Waals surface area contributed by atoms with Gasteiger partial charge in [-0.3, -0.25) is 25.2 Å². The van der Waals surface area contributed by atoms with Crippen LogP contribution >= 0.6 is 11.3 Å². The predicted octanol–water partition coefficient (Wildman–Crippen LogP) is 4.52. The maximum atomic E-state index is 12.8. The molecule has 7 heteroatoms. The van der Waals surface area contributed by atoms with Crippen LogP contribution in [-0.4, -0.2) is 35.7 Å². The molecule has 1 fully saturated rings. The number of hydrazine groups is 1. The third-order valence-corrected chi connectivity index (χ3v) is 8.59. The number of hydrogen-bond donors (Lipinski definition) is 2. The van der Waals surface area contributed by atoms with Crippen molar-refractivity contribution in [3.63, 3.8) is 0 Å². The van der Waals surface area contributed by atoms with Crippen LogP contribution in [0.1, 0.15) is 76.1 Å². The molecule has 1 aromatic carbocycles. The van der Waals surface area contributed by atoms with Crippen molar-refractivity contribution in [1.82, 2.24) is 15.8 Å². The molecule has 0 saturated carbocycles. The fraction of sp³-hybridized carbons (Fsp3) is 0.519. The van der Waals surface area contributed by atoms with Gasteiger partial charge in [0.2, 0.25) is 5.91 Å². The van der Waals surface area contributed by atoms with Gasteiger partial charge in [0.15, 0.2) is 0 Å². The van der Waals surface area contributed by atoms with Gasteiger partial charge in [0, 0.05) is 29.4 Å². The second-order valence-corrected chi connectivity index (χ2v) is 11.8. The normalized spacial score (nSPS) is 18.8. The molecular formula is C27H35N3O3S. The van der Waals surface area contributed by atoms with E-state index in [2.05, 4.69) is 31.6 Å². The van der Waals surface area contributed by atoms with Crippen LogP contribution in [0.3, 0.4) is 0 Å². The number of amides is 3. The minimum atomic E-state index is -0.257. The standard InChI is InChI=1S/C27H35N3O3S/c1-17-7-5-6-8-21(17)26(33)30-13-11-18(12-14-30)24(31)28-29-25(32)23-16-19-15-20(27(2,3)4)9-10-22(19)34-23/h5-8,16,18,20H,9-15H2,1-4H3,(H,28,31)(H,29,32). The minimum absolute atomic E-state index is 0.0145. The van der Waals surface area contributed by atoms with Crippen molar-refractivity contribution in [3.05, 3.63) is 56.8 Å². The number of carbonyl (C=O) groups excluding carboxylic acids is 3. The highest BCUT2D eigenvalue weighted by atomic mass is 32.1. The molecular weight excluding hydrogens is 446 g/mol. The molecule has 182 valence electrons. The van der Waals surface area contributed by atoms with E-state index in [1.807, 2.05) is 42.2 Å². The molecule has 0 spiro atoms. The summed E-state index contributed by atoms with van der Waals surface area (Å²) in [6, 6.07) is 9.57. The molecule has 1 atom stereocenters. The number of piperidine rings is 1. The van der Waals surface area contributed by atoms with Crippen molar-refractivity contribution in [2.75, 3.05) is 13.1 Å². The van der Waals surface area contributed by atoms with Crippen molar-refractivity contribution in [2.45, 2.75) is 59.8 Å². The van der Waals surface area contributed by atoms with Gasteiger partial charge in [-0.2, -0.15) is 0 Å². The van der Waals surface area contributed by atoms with Gasteiger partial charge >= 0.3 is 0 Å². The summed E-state index contributed by atoms with van der Waals surface area (Å²) in [7, 11) is 0. The monoisotopic (exact) mass is 481 g/mol. The lowest BCUT2D eigenvalue weighted by Gasteiger charge is -2.33. The Kier molecular flexibility index (Phi) is 7.12. The average Bonchev–Trinajstić information content (AvgIpc) is 3.25. The molecule has 1 unspecified atom stereocenters. The number of rotatable bonds is 3. The number of nitrogens with one attached hydrogen (secondary N) is 2. The summed E-state index contributed by atoms with van der Waals surface area (Å²) in [5.74, 6) is -0.0302. The lowest BCUT2D eigenvalue weighted by atomic mass is 9.72. The van der Waals surface area contributed by atoms with Crippen LogP contribution in [0.15, 0.2) is 30.3 Å². The zero-order valence-electron chi connectivity index (χ0n) is 20.6. The maximum absolute atomic E-state index is 12.8. The van der Waals surface area contributed by atoms with Crippen molar-refractivity contribution >= 4 is 29.1 Å². The van der Waals surface area contributed by atoms with Crippen LogP contribution < -0.4 is 10.9 Å². The Balaban J connectivity index is 1.26. The van der Waals surface area contributed by atoms with Crippen molar-refractivity contribution in [1.29, 1.82) is 0 Å². The van der Waals surface area contributed by atoms with Crippen molar-refractivity contribution in [3.8, 4) is 0 Å². The highest BCUT2D eigenvalue weighted by Crippen LogP contribution is 2.40. The summed E-state index contributed by atoms with van der Waals surface area (Å²) in [4.78, 5) is 41.9. The lowest BCUT2D eigenvalue weighted by molar-refractivity contribution is -0.127. The summed E-state index contributed by atoms with van der Waals surface area (Å²) >= 11 is 1.54. The van der Waals surface area contributed by atoms with Gasteiger partial charge < -0.3 is 4.90 Å². The first kappa shape index (κ1) is 24.5. The number of carbonyl (C=O) groups is 3. The Bertz CT molecular complexity index is 1080. The van der Waals surface area contributed by atoms with Crippen molar-refractivity contribution < 1.29 is 14.4 Å². The first-order chi connectivity index (χ1) is 16.1. The third-order valence-electron chi connectivity index (χ3n) is 7.36. The zero-order valence-corrected chi connectivity index (χ0v) is 21.4. The summed E-state index contributed by atoms with van der Waals surface area (Å²) < 4.78 is 0. The van der Waals surface area contributed by atoms with Crippen LogP contribution in [0.25, 0.3) is 0 Å². The van der Waals surface area contributed by atoms with Crippen LogP contribution in [0.4, 0.5) is 0 Å². The molecule has 1 aliphatic carbocycles. The van der Waals surface area contributed by atoms with Gasteiger partial charge in [0.05, 0.1) is 4.88 Å². The Morgan fingerprint density at radius 3 is 2.41 bits per heavy atom. The van der Waals surface area contributed by atoms with Gasteiger partial charge in [-0.05, 0) is 73.6 Å². The van der Waals surface area contributed by atoms with Crippen LogP contribution in [0.5, 0.6) is 0 Å². The van der Waals surface area contributed by atoms with Crippen LogP contribution in [0, 0.1) is 24.2 Å². The second-order valence-electron chi connectivity index (χ2n) is 10.7. The molecule has 2 aromatic rings. The van der Waals surface area contributed by atoms with Gasteiger partial charge in [-0.25, -0.2) is 0 Å². The molecule has 4 rings (SSSR count). The van der Waals surface area contributed by atoms with E-state index in [0.717, 1.165) is 24.8 Å². The number of benzene rings is 1. The Morgan fingerprint density at radius 2 is 1.74 bits per heavy atom. The third kappa shape index (κ3) is 5.35. The lowest BCUT2D eigenvalue weighted by Crippen LogP contribution is -2.48. The predicted molar refractivity (Wildman–Crippen MR) is 135 cm³/mol. The quantitative estimate of drug-likeness (QED) is 0.633. The molecule has 1 saturated heterocycles. The van der Waals surface area contributed by atoms with E-state index in [0.29, 0.717) is 42.3 Å². The molecule has 2 aliphatic rings. The number of fused-ring (bicyclic) bond motifs is 1. The van der Waals surface area contributed by atoms with Crippen LogP contribution in [-0.2, 0) is 17.6 Å². The van der Waals surface area contributed by atoms with E-state index in [-0.39, 0.29) is 29.1 Å². The Labute approximate surface area is 206 Å². The van der Waals surface area contributed by atoms with Gasteiger partial charge in [0.1, 0.15) is 0 Å². The van der Waals surface area contributed by atoms with E-state index in [4.69, 9.17) is 0 Å². The first-order valence-corrected chi connectivity index (χ1v) is 13.0. The molecule has 0 radical (unpaired) electrons. The van der Waals surface area contributed by atoms with E-state index in [1.54, 1.807) is 0 Å². The van der Waals surface area contributed by atoms with E-state index in [9.17, 15) is 14.4 Å². The summed E-state index contributed by atoms with van der Waals surface area (Å²) in [5, 5.41) is 0. The zero-order chi connectivity index (χ0) is 24.5. The molecule has 0 bridgehead atoms. The van der Waals surface area contributed by atoms with E-state index < -0.39 is 0 Å². The number of aryl methyl sites for hydroxylation is 2. The topological polar surface area (TPSA) is 78.5 Å². The SMILES string of the molecule is Cc1ccccc1C(=O)N1CCC(C(=O)NNC(=O)c2cc3c(s2)CCC(C(C)(C)C)C3)CC1.